The van der Waals surface area contributed by atoms with Crippen LogP contribution in [0.25, 0.3) is 0 Å². The van der Waals surface area contributed by atoms with Crippen molar-refractivity contribution in [1.82, 2.24) is 20.1 Å². The third kappa shape index (κ3) is 3.45. The zero-order valence-corrected chi connectivity index (χ0v) is 12.2. The molecule has 106 valence electrons. The van der Waals surface area contributed by atoms with E-state index < -0.39 is 0 Å². The number of hydrogen-bond donors (Lipinski definition) is 2. The van der Waals surface area contributed by atoms with Gasteiger partial charge in [-0.3, -0.25) is 9.89 Å². The average Bonchev–Trinajstić information content (AvgIpc) is 2.77. The SMILES string of the molecule is COc1ccc(CC(=O)NCc2n[nH]c(=S)n2C)cc1. The number of carbonyl (C=O) groups excluding carboxylic acids is 1. The number of methoxy groups -OCH3 is 1. The van der Waals surface area contributed by atoms with Crippen LogP contribution in [0.3, 0.4) is 0 Å². The number of aromatic nitrogens is 3. The van der Waals surface area contributed by atoms with Crippen molar-refractivity contribution in [1.29, 1.82) is 0 Å². The van der Waals surface area contributed by atoms with E-state index in [0.717, 1.165) is 11.3 Å². The summed E-state index contributed by atoms with van der Waals surface area (Å²) in [6.07, 6.45) is 0.318. The molecule has 0 radical (unpaired) electrons. The summed E-state index contributed by atoms with van der Waals surface area (Å²) < 4.78 is 7.33. The number of carbonyl (C=O) groups is 1. The predicted octanol–water partition coefficient (Wildman–Crippen LogP) is 1.35. The molecule has 20 heavy (non-hydrogen) atoms. The Labute approximate surface area is 121 Å². The molecule has 6 nitrogen and oxygen atoms in total. The lowest BCUT2D eigenvalue weighted by atomic mass is 10.1. The number of benzene rings is 1. The van der Waals surface area contributed by atoms with E-state index in [-0.39, 0.29) is 5.91 Å². The molecule has 1 heterocycles. The first-order valence-electron chi connectivity index (χ1n) is 6.10. The highest BCUT2D eigenvalue weighted by Crippen LogP contribution is 2.11. The second-order valence-electron chi connectivity index (χ2n) is 4.31. The van der Waals surface area contributed by atoms with Gasteiger partial charge < -0.3 is 14.6 Å². The summed E-state index contributed by atoms with van der Waals surface area (Å²) in [5.41, 5.74) is 0.929. The molecule has 0 aliphatic heterocycles. The molecule has 1 amide bonds. The Bertz CT molecular complexity index is 645. The summed E-state index contributed by atoms with van der Waals surface area (Å²) in [5.74, 6) is 1.40. The van der Waals surface area contributed by atoms with Crippen LogP contribution in [-0.4, -0.2) is 27.8 Å². The highest BCUT2D eigenvalue weighted by molar-refractivity contribution is 7.71. The van der Waals surface area contributed by atoms with Crippen molar-refractivity contribution in [3.63, 3.8) is 0 Å². The highest BCUT2D eigenvalue weighted by Gasteiger charge is 2.06. The summed E-state index contributed by atoms with van der Waals surface area (Å²) in [6, 6.07) is 7.40. The number of ether oxygens (including phenoxy) is 1. The molecule has 0 fully saturated rings. The second-order valence-corrected chi connectivity index (χ2v) is 4.69. The number of H-pyrrole nitrogens is 1. The third-order valence-corrected chi connectivity index (χ3v) is 3.30. The Balaban J connectivity index is 1.89. The van der Waals surface area contributed by atoms with Crippen LogP contribution in [-0.2, 0) is 24.8 Å². The smallest absolute Gasteiger partial charge is 0.224 e. The maximum Gasteiger partial charge on any atom is 0.224 e. The first-order chi connectivity index (χ1) is 9.60. The minimum absolute atomic E-state index is 0.0657. The standard InChI is InChI=1S/C13H16N4O2S/c1-17-11(15-16-13(17)20)8-14-12(18)7-9-3-5-10(19-2)6-4-9/h3-6H,7-8H2,1-2H3,(H,14,18)(H,16,20). The van der Waals surface area contributed by atoms with Gasteiger partial charge in [0.2, 0.25) is 5.91 Å². The van der Waals surface area contributed by atoms with E-state index in [1.165, 1.54) is 0 Å². The van der Waals surface area contributed by atoms with Gasteiger partial charge in [0.05, 0.1) is 20.1 Å². The van der Waals surface area contributed by atoms with Crippen molar-refractivity contribution in [3.05, 3.63) is 40.4 Å². The fraction of sp³-hybridized carbons (Fsp3) is 0.308. The maximum absolute atomic E-state index is 11.8. The topological polar surface area (TPSA) is 71.9 Å². The largest absolute Gasteiger partial charge is 0.497 e. The third-order valence-electron chi connectivity index (χ3n) is 2.94. The van der Waals surface area contributed by atoms with Crippen molar-refractivity contribution in [2.45, 2.75) is 13.0 Å². The molecule has 0 unspecified atom stereocenters. The Hall–Kier alpha value is -2.15. The predicted molar refractivity (Wildman–Crippen MR) is 76.9 cm³/mol. The first kappa shape index (κ1) is 14.3. The normalized spacial score (nSPS) is 10.3. The summed E-state index contributed by atoms with van der Waals surface area (Å²) in [5, 5.41) is 9.52. The van der Waals surface area contributed by atoms with Crippen LogP contribution >= 0.6 is 12.2 Å². The molecule has 7 heteroatoms. The van der Waals surface area contributed by atoms with Gasteiger partial charge >= 0.3 is 0 Å². The molecule has 0 spiro atoms. The summed E-state index contributed by atoms with van der Waals surface area (Å²) in [6.45, 7) is 0.346. The molecular formula is C13H16N4O2S. The van der Waals surface area contributed by atoms with Crippen molar-refractivity contribution >= 4 is 18.1 Å². The van der Waals surface area contributed by atoms with Gasteiger partial charge in [-0.2, -0.15) is 5.10 Å². The van der Waals surface area contributed by atoms with Crippen LogP contribution < -0.4 is 10.1 Å². The van der Waals surface area contributed by atoms with Gasteiger partial charge in [-0.15, -0.1) is 0 Å². The number of nitrogens with zero attached hydrogens (tertiary/aromatic N) is 2. The lowest BCUT2D eigenvalue weighted by molar-refractivity contribution is -0.120. The van der Waals surface area contributed by atoms with Crippen LogP contribution in [0.4, 0.5) is 0 Å². The van der Waals surface area contributed by atoms with Crippen LogP contribution in [0.15, 0.2) is 24.3 Å². The fourth-order valence-corrected chi connectivity index (χ4v) is 1.86. The van der Waals surface area contributed by atoms with Crippen molar-refractivity contribution < 1.29 is 9.53 Å². The Morgan fingerprint density at radius 1 is 1.45 bits per heavy atom. The Morgan fingerprint density at radius 2 is 2.15 bits per heavy atom. The number of nitrogens with one attached hydrogen (secondary N) is 2. The average molecular weight is 292 g/mol. The summed E-state index contributed by atoms with van der Waals surface area (Å²) in [7, 11) is 3.41. The first-order valence-corrected chi connectivity index (χ1v) is 6.51. The summed E-state index contributed by atoms with van der Waals surface area (Å²) in [4.78, 5) is 11.8. The fourth-order valence-electron chi connectivity index (χ4n) is 1.71. The number of aromatic amines is 1. The van der Waals surface area contributed by atoms with E-state index in [0.29, 0.717) is 23.6 Å². The molecule has 0 saturated heterocycles. The second kappa shape index (κ2) is 6.33. The van der Waals surface area contributed by atoms with Crippen LogP contribution in [0.1, 0.15) is 11.4 Å². The molecule has 0 atom stereocenters. The van der Waals surface area contributed by atoms with Crippen molar-refractivity contribution in [2.24, 2.45) is 7.05 Å². The molecule has 0 saturated carbocycles. The quantitative estimate of drug-likeness (QED) is 0.816. The molecule has 2 rings (SSSR count). The van der Waals surface area contributed by atoms with Crippen LogP contribution in [0, 0.1) is 4.77 Å². The lowest BCUT2D eigenvalue weighted by Crippen LogP contribution is -2.26. The molecule has 2 N–H and O–H groups in total. The molecule has 1 aromatic carbocycles. The summed E-state index contributed by atoms with van der Waals surface area (Å²) >= 11 is 5.00. The molecule has 1 aromatic heterocycles. The maximum atomic E-state index is 11.8. The Morgan fingerprint density at radius 3 is 2.70 bits per heavy atom. The Kier molecular flexibility index (Phi) is 4.52. The van der Waals surface area contributed by atoms with Gasteiger partial charge in [-0.1, -0.05) is 12.1 Å². The van der Waals surface area contributed by atoms with Gasteiger partial charge in [0.15, 0.2) is 10.6 Å². The molecule has 2 aromatic rings. The van der Waals surface area contributed by atoms with Crippen molar-refractivity contribution in [3.8, 4) is 5.75 Å². The van der Waals surface area contributed by atoms with E-state index in [1.807, 2.05) is 24.3 Å². The van der Waals surface area contributed by atoms with Gasteiger partial charge in [0, 0.05) is 7.05 Å². The number of hydrogen-bond acceptors (Lipinski definition) is 4. The highest BCUT2D eigenvalue weighted by atomic mass is 32.1. The molecule has 0 aliphatic rings. The minimum atomic E-state index is -0.0657. The van der Waals surface area contributed by atoms with Gasteiger partial charge in [0.25, 0.3) is 0 Å². The zero-order valence-electron chi connectivity index (χ0n) is 11.3. The minimum Gasteiger partial charge on any atom is -0.497 e. The zero-order chi connectivity index (χ0) is 14.5. The van der Waals surface area contributed by atoms with E-state index in [2.05, 4.69) is 15.5 Å². The van der Waals surface area contributed by atoms with Crippen molar-refractivity contribution in [2.75, 3.05) is 7.11 Å². The lowest BCUT2D eigenvalue weighted by Gasteiger charge is -2.05. The number of amides is 1. The van der Waals surface area contributed by atoms with E-state index >= 15 is 0 Å². The van der Waals surface area contributed by atoms with E-state index in [1.54, 1.807) is 18.7 Å². The van der Waals surface area contributed by atoms with Gasteiger partial charge in [-0.25, -0.2) is 0 Å². The van der Waals surface area contributed by atoms with Gasteiger partial charge in [-0.05, 0) is 29.9 Å². The monoisotopic (exact) mass is 292 g/mol. The van der Waals surface area contributed by atoms with Crippen LogP contribution in [0.5, 0.6) is 5.75 Å². The number of rotatable bonds is 5. The van der Waals surface area contributed by atoms with E-state index in [4.69, 9.17) is 17.0 Å². The molecule has 0 bridgehead atoms. The molecular weight excluding hydrogens is 276 g/mol. The van der Waals surface area contributed by atoms with Gasteiger partial charge in [0.1, 0.15) is 5.75 Å². The van der Waals surface area contributed by atoms with E-state index in [9.17, 15) is 4.79 Å². The van der Waals surface area contributed by atoms with Crippen LogP contribution in [0.2, 0.25) is 0 Å². The molecule has 0 aliphatic carbocycles.